The zero-order valence-corrected chi connectivity index (χ0v) is 11.3. The van der Waals surface area contributed by atoms with E-state index in [1.54, 1.807) is 0 Å². The molecule has 20 heavy (non-hydrogen) atoms. The Morgan fingerprint density at radius 1 is 1.25 bits per heavy atom. The first-order valence-electron chi connectivity index (χ1n) is 6.55. The van der Waals surface area contributed by atoms with Crippen LogP contribution in [0.25, 0.3) is 0 Å². The molecular formula is C14H18N2O4. The van der Waals surface area contributed by atoms with Gasteiger partial charge in [-0.1, -0.05) is 12.1 Å². The van der Waals surface area contributed by atoms with Crippen LogP contribution in [0, 0.1) is 0 Å². The molecule has 1 aliphatic heterocycles. The van der Waals surface area contributed by atoms with E-state index < -0.39 is 0 Å². The molecule has 1 aromatic rings. The third-order valence-corrected chi connectivity index (χ3v) is 2.82. The Labute approximate surface area is 117 Å². The molecule has 0 saturated heterocycles. The molecule has 0 saturated carbocycles. The van der Waals surface area contributed by atoms with Gasteiger partial charge < -0.3 is 20.1 Å². The predicted octanol–water partition coefficient (Wildman–Crippen LogP) is 1.10. The SMILES string of the molecule is CC(=O)CCNC(=O)NCC1COc2ccccc2O1. The molecule has 2 rings (SSSR count). The van der Waals surface area contributed by atoms with Gasteiger partial charge in [-0.15, -0.1) is 0 Å². The fraction of sp³-hybridized carbons (Fsp3) is 0.429. The van der Waals surface area contributed by atoms with Crippen LogP contribution in [0.1, 0.15) is 13.3 Å². The molecule has 0 spiro atoms. The van der Waals surface area contributed by atoms with E-state index in [0.717, 1.165) is 5.75 Å². The minimum atomic E-state index is -0.311. The largest absolute Gasteiger partial charge is 0.486 e. The molecule has 1 aromatic carbocycles. The van der Waals surface area contributed by atoms with Crippen molar-refractivity contribution in [2.24, 2.45) is 0 Å². The van der Waals surface area contributed by atoms with Crippen LogP contribution in [0.5, 0.6) is 11.5 Å². The zero-order chi connectivity index (χ0) is 14.4. The molecule has 1 unspecified atom stereocenters. The van der Waals surface area contributed by atoms with Crippen molar-refractivity contribution in [3.63, 3.8) is 0 Å². The normalized spacial score (nSPS) is 16.4. The van der Waals surface area contributed by atoms with Gasteiger partial charge in [0.05, 0.1) is 6.54 Å². The smallest absolute Gasteiger partial charge is 0.314 e. The van der Waals surface area contributed by atoms with Gasteiger partial charge in [0.1, 0.15) is 12.4 Å². The van der Waals surface area contributed by atoms with Crippen molar-refractivity contribution in [1.82, 2.24) is 10.6 Å². The molecule has 0 aliphatic carbocycles. The fourth-order valence-corrected chi connectivity index (χ4v) is 1.78. The molecule has 1 aliphatic rings. The van der Waals surface area contributed by atoms with Crippen LogP contribution in [-0.4, -0.2) is 37.6 Å². The number of Topliss-reactive ketones (excluding diaryl/α,β-unsaturated/α-hetero) is 1. The maximum atomic E-state index is 11.5. The standard InChI is InChI=1S/C14H18N2O4/c1-10(17)6-7-15-14(18)16-8-11-9-19-12-4-2-3-5-13(12)20-11/h2-5,11H,6-9H2,1H3,(H2,15,16,18). The minimum absolute atomic E-state index is 0.0471. The molecule has 2 N–H and O–H groups in total. The Balaban J connectivity index is 1.70. The van der Waals surface area contributed by atoms with Gasteiger partial charge >= 0.3 is 6.03 Å². The monoisotopic (exact) mass is 278 g/mol. The van der Waals surface area contributed by atoms with Gasteiger partial charge in [-0.2, -0.15) is 0 Å². The summed E-state index contributed by atoms with van der Waals surface area (Å²) in [5.41, 5.74) is 0. The summed E-state index contributed by atoms with van der Waals surface area (Å²) in [5, 5.41) is 5.30. The lowest BCUT2D eigenvalue weighted by Crippen LogP contribution is -2.44. The third kappa shape index (κ3) is 4.15. The average molecular weight is 278 g/mol. The maximum Gasteiger partial charge on any atom is 0.314 e. The van der Waals surface area contributed by atoms with Crippen molar-refractivity contribution in [3.8, 4) is 11.5 Å². The fourth-order valence-electron chi connectivity index (χ4n) is 1.78. The summed E-state index contributed by atoms with van der Waals surface area (Å²) >= 11 is 0. The predicted molar refractivity (Wildman–Crippen MR) is 73.1 cm³/mol. The molecule has 0 aromatic heterocycles. The van der Waals surface area contributed by atoms with E-state index in [9.17, 15) is 9.59 Å². The van der Waals surface area contributed by atoms with Crippen molar-refractivity contribution in [1.29, 1.82) is 0 Å². The number of ether oxygens (including phenoxy) is 2. The number of rotatable bonds is 5. The summed E-state index contributed by atoms with van der Waals surface area (Å²) in [7, 11) is 0. The number of hydrogen-bond donors (Lipinski definition) is 2. The third-order valence-electron chi connectivity index (χ3n) is 2.82. The molecule has 6 heteroatoms. The van der Waals surface area contributed by atoms with E-state index in [0.29, 0.717) is 31.9 Å². The number of benzene rings is 1. The number of hydrogen-bond acceptors (Lipinski definition) is 4. The molecule has 1 atom stereocenters. The first-order valence-corrected chi connectivity index (χ1v) is 6.55. The molecule has 6 nitrogen and oxygen atoms in total. The van der Waals surface area contributed by atoms with E-state index in [1.807, 2.05) is 24.3 Å². The van der Waals surface area contributed by atoms with Crippen molar-refractivity contribution in [2.75, 3.05) is 19.7 Å². The van der Waals surface area contributed by atoms with Crippen LogP contribution in [-0.2, 0) is 4.79 Å². The summed E-state index contributed by atoms with van der Waals surface area (Å²) in [6, 6.07) is 7.10. The first-order chi connectivity index (χ1) is 9.65. The number of urea groups is 1. The number of nitrogens with one attached hydrogen (secondary N) is 2. The Morgan fingerprint density at radius 2 is 2.00 bits per heavy atom. The van der Waals surface area contributed by atoms with E-state index >= 15 is 0 Å². The summed E-state index contributed by atoms with van der Waals surface area (Å²) in [6.07, 6.45) is 0.118. The number of amides is 2. The number of carbonyl (C=O) groups is 2. The average Bonchev–Trinajstić information content (AvgIpc) is 2.44. The van der Waals surface area contributed by atoms with Crippen molar-refractivity contribution < 1.29 is 19.1 Å². The van der Waals surface area contributed by atoms with Gasteiger partial charge in [-0.3, -0.25) is 4.79 Å². The highest BCUT2D eigenvalue weighted by Crippen LogP contribution is 2.30. The highest BCUT2D eigenvalue weighted by Gasteiger charge is 2.20. The number of carbonyl (C=O) groups excluding carboxylic acids is 2. The molecule has 0 bridgehead atoms. The number of ketones is 1. The van der Waals surface area contributed by atoms with Crippen LogP contribution in [0.2, 0.25) is 0 Å². The molecule has 1 heterocycles. The Kier molecular flexibility index (Phi) is 4.81. The Hall–Kier alpha value is -2.24. The topological polar surface area (TPSA) is 76.7 Å². The van der Waals surface area contributed by atoms with E-state index in [-0.39, 0.29) is 17.9 Å². The van der Waals surface area contributed by atoms with E-state index in [1.165, 1.54) is 6.92 Å². The second-order valence-electron chi connectivity index (χ2n) is 4.59. The van der Waals surface area contributed by atoms with Gasteiger partial charge in [0.15, 0.2) is 17.6 Å². The lowest BCUT2D eigenvalue weighted by atomic mass is 10.2. The maximum absolute atomic E-state index is 11.5. The molecule has 0 radical (unpaired) electrons. The number of para-hydroxylation sites is 2. The second-order valence-corrected chi connectivity index (χ2v) is 4.59. The van der Waals surface area contributed by atoms with Crippen molar-refractivity contribution >= 4 is 11.8 Å². The summed E-state index contributed by atoms with van der Waals surface area (Å²) in [6.45, 7) is 2.57. The molecular weight excluding hydrogens is 260 g/mol. The van der Waals surface area contributed by atoms with Crippen molar-refractivity contribution in [3.05, 3.63) is 24.3 Å². The van der Waals surface area contributed by atoms with Gasteiger partial charge in [-0.05, 0) is 19.1 Å². The Morgan fingerprint density at radius 3 is 2.75 bits per heavy atom. The lowest BCUT2D eigenvalue weighted by molar-refractivity contribution is -0.116. The van der Waals surface area contributed by atoms with E-state index in [4.69, 9.17) is 9.47 Å². The van der Waals surface area contributed by atoms with Crippen LogP contribution >= 0.6 is 0 Å². The summed E-state index contributed by atoms with van der Waals surface area (Å²) in [4.78, 5) is 22.2. The Bertz CT molecular complexity index is 490. The molecule has 2 amide bonds. The van der Waals surface area contributed by atoms with Crippen LogP contribution in [0.4, 0.5) is 4.79 Å². The quantitative estimate of drug-likeness (QED) is 0.845. The number of fused-ring (bicyclic) bond motifs is 1. The lowest BCUT2D eigenvalue weighted by Gasteiger charge is -2.26. The van der Waals surface area contributed by atoms with Gasteiger partial charge in [0, 0.05) is 13.0 Å². The van der Waals surface area contributed by atoms with E-state index in [2.05, 4.69) is 10.6 Å². The van der Waals surface area contributed by atoms with Crippen LogP contribution in [0.3, 0.4) is 0 Å². The molecule has 0 fully saturated rings. The van der Waals surface area contributed by atoms with Crippen LogP contribution in [0.15, 0.2) is 24.3 Å². The van der Waals surface area contributed by atoms with Gasteiger partial charge in [0.2, 0.25) is 0 Å². The minimum Gasteiger partial charge on any atom is -0.486 e. The van der Waals surface area contributed by atoms with Gasteiger partial charge in [-0.25, -0.2) is 4.79 Å². The second kappa shape index (κ2) is 6.79. The van der Waals surface area contributed by atoms with Crippen LogP contribution < -0.4 is 20.1 Å². The van der Waals surface area contributed by atoms with Gasteiger partial charge in [0.25, 0.3) is 0 Å². The summed E-state index contributed by atoms with van der Waals surface area (Å²) in [5.74, 6) is 1.45. The molecule has 108 valence electrons. The highest BCUT2D eigenvalue weighted by molar-refractivity contribution is 5.77. The zero-order valence-electron chi connectivity index (χ0n) is 11.3. The summed E-state index contributed by atoms with van der Waals surface area (Å²) < 4.78 is 11.2. The first kappa shape index (κ1) is 14.2. The highest BCUT2D eigenvalue weighted by atomic mass is 16.6. The van der Waals surface area contributed by atoms with Crippen molar-refractivity contribution in [2.45, 2.75) is 19.4 Å².